The van der Waals surface area contributed by atoms with Crippen LogP contribution in [0.5, 0.6) is 17.2 Å². The van der Waals surface area contributed by atoms with Crippen LogP contribution in [0.4, 0.5) is 5.69 Å². The highest BCUT2D eigenvalue weighted by Gasteiger charge is 2.23. The molecule has 33 nitrogen and oxygen atoms in total. The van der Waals surface area contributed by atoms with Crippen molar-refractivity contribution < 1.29 is 106 Å². The zero-order valence-electron chi connectivity index (χ0n) is 84.4. The fourth-order valence-corrected chi connectivity index (χ4v) is 14.2. The highest BCUT2D eigenvalue weighted by Crippen LogP contribution is 2.31. The molecule has 6 aromatic carbocycles. The fraction of sp³-hybridized carbons (Fsp3) is 0.418. The van der Waals surface area contributed by atoms with Crippen molar-refractivity contribution in [1.29, 1.82) is 0 Å². The molecule has 0 bridgehead atoms. The topological polar surface area (TPSA) is 495 Å². The molecule has 4 aromatic heterocycles. The number of esters is 4. The van der Waals surface area contributed by atoms with Gasteiger partial charge in [-0.05, 0) is 176 Å². The zero-order chi connectivity index (χ0) is 107. The van der Waals surface area contributed by atoms with E-state index in [1.54, 1.807) is 122 Å². The summed E-state index contributed by atoms with van der Waals surface area (Å²) in [5.74, 6) is -1.63. The van der Waals surface area contributed by atoms with Gasteiger partial charge in [-0.1, -0.05) is 225 Å². The minimum Gasteiger partial charge on any atom is -0.508 e. The lowest BCUT2D eigenvalue weighted by molar-refractivity contribution is -0.151. The summed E-state index contributed by atoms with van der Waals surface area (Å²) in [5, 5.41) is 51.3. The van der Waals surface area contributed by atoms with Gasteiger partial charge in [0, 0.05) is 71.3 Å². The molecule has 5 heterocycles. The second-order valence-corrected chi connectivity index (χ2v) is 33.6. The van der Waals surface area contributed by atoms with E-state index in [4.69, 9.17) is 71.5 Å². The van der Waals surface area contributed by atoms with Gasteiger partial charge in [0.1, 0.15) is 69.6 Å². The molecule has 5 aliphatic rings. The number of aliphatic hydroxyl groups is 2. The molecule has 1 aliphatic heterocycles. The maximum Gasteiger partial charge on any atom is 0.351 e. The number of pyridine rings is 1. The maximum atomic E-state index is 12.0. The number of phenols is 2. The zero-order valence-corrected chi connectivity index (χ0v) is 85.9. The molecule has 5 fully saturated rings. The number of ketones is 1. The number of aliphatic carboxylic acids is 1. The number of benzene rings is 6. The third kappa shape index (κ3) is 57.3. The molecular weight excluding hydrogens is 1900 g/mol. The van der Waals surface area contributed by atoms with Crippen LogP contribution in [0.2, 0.25) is 0 Å². The molecule has 0 radical (unpaired) electrons. The van der Waals surface area contributed by atoms with E-state index in [2.05, 4.69) is 88.8 Å². The third-order valence-electron chi connectivity index (χ3n) is 21.9. The Kier molecular flexibility index (Phi) is 69.9. The number of nitrogens with one attached hydrogen (secondary N) is 3. The molecule has 2 amide bonds. The van der Waals surface area contributed by atoms with Gasteiger partial charge in [0.05, 0.1) is 64.2 Å². The molecule has 4 aliphatic carbocycles. The number of aliphatic imine (C=N–C) groups is 2. The Labute approximate surface area is 858 Å². The van der Waals surface area contributed by atoms with Crippen LogP contribution in [0, 0.1) is 11.8 Å². The Morgan fingerprint density at radius 1 is 0.524 bits per heavy atom. The summed E-state index contributed by atoms with van der Waals surface area (Å²) in [6, 6.07) is 58.1. The summed E-state index contributed by atoms with van der Waals surface area (Å²) in [4.78, 5) is 147. The number of aromatic hydroxyl groups is 2. The first-order chi connectivity index (χ1) is 69.9. The normalized spacial score (nSPS) is 13.1. The highest BCUT2D eigenvalue weighted by atomic mass is 35.5. The molecule has 0 unspecified atom stereocenters. The van der Waals surface area contributed by atoms with Crippen molar-refractivity contribution in [3.8, 4) is 17.2 Å². The summed E-state index contributed by atoms with van der Waals surface area (Å²) >= 11 is 9.53. The molecule has 0 atom stereocenters. The summed E-state index contributed by atoms with van der Waals surface area (Å²) < 4.78 is 37.4. The van der Waals surface area contributed by atoms with E-state index >= 15 is 0 Å². The van der Waals surface area contributed by atoms with Crippen molar-refractivity contribution in [3.05, 3.63) is 278 Å². The number of phenolic OH excluding ortho intramolecular Hbond substituents is 2. The van der Waals surface area contributed by atoms with E-state index < -0.39 is 65.3 Å². The van der Waals surface area contributed by atoms with Gasteiger partial charge >= 0.3 is 46.7 Å². The van der Waals surface area contributed by atoms with Gasteiger partial charge < -0.3 is 89.1 Å². The first-order valence-corrected chi connectivity index (χ1v) is 49.2. The van der Waals surface area contributed by atoms with Crippen molar-refractivity contribution in [2.75, 3.05) is 85.0 Å². The summed E-state index contributed by atoms with van der Waals surface area (Å²) in [6.07, 6.45) is 36.7. The number of amides is 2. The number of halogens is 2. The van der Waals surface area contributed by atoms with E-state index in [0.29, 0.717) is 62.6 Å². The summed E-state index contributed by atoms with van der Waals surface area (Å²) in [7, 11) is 5.24. The van der Waals surface area contributed by atoms with E-state index in [0.717, 1.165) is 43.5 Å². The molecule has 4 saturated carbocycles. The number of carboxylic acids is 1. The molecule has 15 rings (SSSR count). The average Bonchev–Trinajstić information content (AvgIpc) is 0.810. The minimum atomic E-state index is -0.935. The van der Waals surface area contributed by atoms with Crippen LogP contribution in [-0.4, -0.2) is 182 Å². The van der Waals surface area contributed by atoms with Crippen molar-refractivity contribution >= 4 is 122 Å². The molecule has 10 aromatic rings. The number of aromatic nitrogens is 1. The number of aldehydes is 1. The van der Waals surface area contributed by atoms with Crippen LogP contribution < -0.4 is 48.2 Å². The van der Waals surface area contributed by atoms with Crippen LogP contribution in [0.25, 0.3) is 32.9 Å². The first kappa shape index (κ1) is 127. The number of aliphatic hydroxyl groups excluding tert-OH is 2. The minimum absolute atomic E-state index is 0.0347. The number of methoxy groups -OCH3 is 4. The number of nitrogens with two attached hydrogens (primary N) is 1. The second-order valence-electron chi connectivity index (χ2n) is 32.8. The van der Waals surface area contributed by atoms with E-state index in [1.165, 1.54) is 226 Å². The smallest absolute Gasteiger partial charge is 0.351 e. The fourth-order valence-electron chi connectivity index (χ4n) is 14.2. The number of hydrogen-bond acceptors (Lipinski definition) is 30. The van der Waals surface area contributed by atoms with Crippen LogP contribution in [0.15, 0.2) is 262 Å². The number of piperidine rings is 1. The number of carbonyl (C=O) groups excluding carboxylic acids is 8. The molecule has 35 heteroatoms. The summed E-state index contributed by atoms with van der Waals surface area (Å²) in [5.41, 5.74) is 5.15. The SMILES string of the molecule is C(=NC1CCCCC1)=NC1CCCCC1.C1CCNCC1.C=C(C)C(=O)O.C=C(C)C(=O)OCNC(=O)c1cc2ccccc2oc1=O.CCN(CC)c1ccncc1.COC(=O)CC(=O)OC.COC(=O)c1cc2ccccc2oc1=O.COc1ccc(O)cc1.ClCCl.NCO.O=C(CC1CCCCC1)CC1CCCCC1.O=C(NCO)c1cc2ccccc2oc1=O.O=Cc1ccccc1O.c1ccccc1. The number of ether oxygens (including phenoxy) is 5. The average molecular weight is 2050 g/mol. The van der Waals surface area contributed by atoms with Gasteiger partial charge in [-0.2, -0.15) is 0 Å². The number of anilines is 1. The molecule has 0 spiro atoms. The second kappa shape index (κ2) is 79.6. The number of hydrogen-bond donors (Lipinski definition) is 9. The number of Topliss-reactive ketones (excluding diaryl/α,β-unsaturated/α-hetero) is 1. The van der Waals surface area contributed by atoms with Crippen LogP contribution >= 0.6 is 23.2 Å². The van der Waals surface area contributed by atoms with Gasteiger partial charge in [-0.3, -0.25) is 33.8 Å². The number of carboxylic acid groups (broad SMARTS) is 1. The third-order valence-corrected chi connectivity index (χ3v) is 21.9. The van der Waals surface area contributed by atoms with Crippen molar-refractivity contribution in [2.45, 2.75) is 207 Å². The number of rotatable bonds is 21. The Balaban J connectivity index is 0.000000541. The summed E-state index contributed by atoms with van der Waals surface area (Å²) in [6.45, 7) is 17.3. The molecule has 1 saturated heterocycles. The van der Waals surface area contributed by atoms with Gasteiger partial charge in [-0.15, -0.1) is 23.2 Å². The Morgan fingerprint density at radius 2 is 0.897 bits per heavy atom. The van der Waals surface area contributed by atoms with E-state index in [-0.39, 0.29) is 64.6 Å². The highest BCUT2D eigenvalue weighted by molar-refractivity contribution is 6.40. The maximum absolute atomic E-state index is 12.0. The Bertz CT molecular complexity index is 5540. The van der Waals surface area contributed by atoms with Crippen LogP contribution in [0.1, 0.15) is 236 Å². The lowest BCUT2D eigenvalue weighted by Gasteiger charge is -2.24. The number of alkyl halides is 2. The van der Waals surface area contributed by atoms with Crippen LogP contribution in [-0.2, 0) is 42.9 Å². The van der Waals surface area contributed by atoms with Crippen LogP contribution in [0.3, 0.4) is 0 Å². The Morgan fingerprint density at radius 3 is 1.23 bits per heavy atom. The number of carbonyl (C=O) groups is 9. The first-order valence-electron chi connectivity index (χ1n) is 48.2. The van der Waals surface area contributed by atoms with Gasteiger partial charge in [0.15, 0.2) is 13.0 Å². The van der Waals surface area contributed by atoms with Crippen molar-refractivity contribution in [1.82, 2.24) is 20.9 Å². The van der Waals surface area contributed by atoms with Gasteiger partial charge in [-0.25, -0.2) is 38.8 Å². The molecular formula is C110H144Cl2N8O25. The molecule has 145 heavy (non-hydrogen) atoms. The quantitative estimate of drug-likeness (QED) is 0.00371. The van der Waals surface area contributed by atoms with E-state index in [1.807, 2.05) is 60.9 Å². The predicted octanol–water partition coefficient (Wildman–Crippen LogP) is 19.6. The number of fused-ring (bicyclic) bond motifs is 3. The molecule has 788 valence electrons. The number of nitrogens with zero attached hydrogens (tertiary/aromatic N) is 4. The van der Waals surface area contributed by atoms with Gasteiger partial charge in [0.2, 0.25) is 0 Å². The Hall–Kier alpha value is -13.8. The van der Waals surface area contributed by atoms with Gasteiger partial charge in [0.25, 0.3) is 11.8 Å². The lowest BCUT2D eigenvalue weighted by Crippen LogP contribution is -2.31. The largest absolute Gasteiger partial charge is 0.508 e. The monoisotopic (exact) mass is 2050 g/mol. The van der Waals surface area contributed by atoms with Crippen molar-refractivity contribution in [2.24, 2.45) is 27.6 Å². The van der Waals surface area contributed by atoms with Crippen molar-refractivity contribution in [3.63, 3.8) is 0 Å². The molecule has 10 N–H and O–H groups in total. The number of para-hydroxylation sites is 4. The lowest BCUT2D eigenvalue weighted by atomic mass is 9.81. The standard InChI is InChI=1S/C15H13NO5.C15H26O.C13H22N2.C11H9NO4.C11H8O4.C9H14N2.C7H8O2.C7H6O2.C6H6.C5H11N.C5H8O4.C4H6O2.CH2Cl2.CH5NO/c1-9(2)14(18)20-8-16-13(17)11-7-10-5-3-4-6-12(10)21-15(11)19;16-15(11-13-7-3-1-4-8-13)12-14-9-5-2-6-10-14;1-3-7-12(8-4-1)14-11-15-13-9-5-2-6-10-13;13-6-12-10(14)8-5-7-3-1-2-4-9(7)16-11(8)15;1-14-10(12)8-6-7-4-2-3-5-9(7)15-11(8)13;1-3-11(4-2)9-5-7-10-8-6-9;1-9-7-4-2-6(8)3-5-7;8-5-6-3-1-2-4-7(6)9;2*1-2-4-6-5-3-1;1-8-4(6)3-5(7)9-2;1-3(2)4(5)6;2*2-1-3/h3-7H,1,8H2,2H3,(H,16,17);13-14H,1-12H2;12-13H,1-10H2;1-5,13H,6H2,(H,12,14);2-6H,1H3;5-8H,3-4H2,1-2H3;2-5,8H,1H3;1-5,9H;1-6H;6H,1-5H2;3H2,1-2H3;1H2,2H3,(H,5,6);1H2;3H,1-2H2. The van der Waals surface area contributed by atoms with E-state index in [9.17, 15) is 57.5 Å². The predicted molar refractivity (Wildman–Crippen MR) is 566 cm³/mol.